The number of rotatable bonds is 4. The standard InChI is InChI=1S/C13H19N5O2/c1-8(2)7-20-11(19)9-5-3-4-6-10(9)17-13(16)18-12(14)15/h3-6,8H,7H2,1-2H3,(H6,14,15,16,17,18). The highest BCUT2D eigenvalue weighted by Gasteiger charge is 2.12. The van der Waals surface area contributed by atoms with E-state index in [1.54, 1.807) is 24.3 Å². The molecule has 0 aliphatic rings. The van der Waals surface area contributed by atoms with E-state index in [2.05, 4.69) is 9.98 Å². The van der Waals surface area contributed by atoms with Crippen LogP contribution in [0.25, 0.3) is 0 Å². The molecule has 0 aliphatic heterocycles. The summed E-state index contributed by atoms with van der Waals surface area (Å²) in [5.41, 5.74) is 16.6. The first kappa shape index (κ1) is 15.5. The molecule has 0 saturated heterocycles. The number of para-hydroxylation sites is 1. The van der Waals surface area contributed by atoms with Gasteiger partial charge in [-0.25, -0.2) is 9.79 Å². The van der Waals surface area contributed by atoms with Crippen molar-refractivity contribution >= 4 is 23.6 Å². The lowest BCUT2D eigenvalue weighted by molar-refractivity contribution is 0.0460. The highest BCUT2D eigenvalue weighted by atomic mass is 16.5. The van der Waals surface area contributed by atoms with Crippen LogP contribution in [0.4, 0.5) is 5.69 Å². The molecule has 0 heterocycles. The molecule has 0 saturated carbocycles. The molecule has 0 bridgehead atoms. The van der Waals surface area contributed by atoms with Crippen molar-refractivity contribution in [3.63, 3.8) is 0 Å². The van der Waals surface area contributed by atoms with Crippen molar-refractivity contribution in [1.82, 2.24) is 0 Å². The highest BCUT2D eigenvalue weighted by molar-refractivity contribution is 5.98. The summed E-state index contributed by atoms with van der Waals surface area (Å²) in [4.78, 5) is 19.5. The maximum atomic E-state index is 12.0. The van der Waals surface area contributed by atoms with E-state index in [-0.39, 0.29) is 17.8 Å². The van der Waals surface area contributed by atoms with Gasteiger partial charge < -0.3 is 21.9 Å². The number of nitrogens with zero attached hydrogens (tertiary/aromatic N) is 2. The van der Waals surface area contributed by atoms with Crippen LogP contribution < -0.4 is 17.2 Å². The number of benzene rings is 1. The number of hydrogen-bond donors (Lipinski definition) is 3. The maximum absolute atomic E-state index is 12.0. The Morgan fingerprint density at radius 1 is 1.25 bits per heavy atom. The average Bonchev–Trinajstić information content (AvgIpc) is 2.35. The van der Waals surface area contributed by atoms with E-state index in [9.17, 15) is 4.79 Å². The SMILES string of the molecule is CC(C)COC(=O)c1ccccc1N=C(N)N=C(N)N. The van der Waals surface area contributed by atoms with Crippen molar-refractivity contribution in [3.8, 4) is 0 Å². The molecule has 0 atom stereocenters. The van der Waals surface area contributed by atoms with Gasteiger partial charge >= 0.3 is 5.97 Å². The van der Waals surface area contributed by atoms with Crippen LogP contribution in [0.3, 0.4) is 0 Å². The molecular weight excluding hydrogens is 258 g/mol. The average molecular weight is 277 g/mol. The van der Waals surface area contributed by atoms with Gasteiger partial charge in [-0.15, -0.1) is 0 Å². The molecule has 20 heavy (non-hydrogen) atoms. The van der Waals surface area contributed by atoms with Crippen molar-refractivity contribution in [1.29, 1.82) is 0 Å². The van der Waals surface area contributed by atoms with Crippen LogP contribution in [0.15, 0.2) is 34.3 Å². The molecule has 1 rings (SSSR count). The third-order valence-electron chi connectivity index (χ3n) is 2.15. The van der Waals surface area contributed by atoms with Crippen LogP contribution >= 0.6 is 0 Å². The Labute approximate surface area is 117 Å². The van der Waals surface area contributed by atoms with Crippen molar-refractivity contribution in [2.24, 2.45) is 33.1 Å². The first-order valence-electron chi connectivity index (χ1n) is 6.10. The zero-order valence-electron chi connectivity index (χ0n) is 11.5. The summed E-state index contributed by atoms with van der Waals surface area (Å²) >= 11 is 0. The molecular formula is C13H19N5O2. The molecule has 0 aromatic heterocycles. The summed E-state index contributed by atoms with van der Waals surface area (Å²) in [6, 6.07) is 6.66. The van der Waals surface area contributed by atoms with Gasteiger partial charge in [-0.05, 0) is 18.1 Å². The lowest BCUT2D eigenvalue weighted by atomic mass is 10.2. The van der Waals surface area contributed by atoms with Crippen LogP contribution in [0, 0.1) is 5.92 Å². The number of aliphatic imine (C=N–C) groups is 2. The Morgan fingerprint density at radius 3 is 2.50 bits per heavy atom. The lowest BCUT2D eigenvalue weighted by Gasteiger charge is -2.08. The quantitative estimate of drug-likeness (QED) is 0.424. The second-order valence-corrected chi connectivity index (χ2v) is 4.52. The van der Waals surface area contributed by atoms with Gasteiger partial charge in [-0.1, -0.05) is 26.0 Å². The van der Waals surface area contributed by atoms with Crippen LogP contribution in [0.2, 0.25) is 0 Å². The summed E-state index contributed by atoms with van der Waals surface area (Å²) in [5.74, 6) is -0.544. The van der Waals surface area contributed by atoms with Gasteiger partial charge in [0.1, 0.15) is 0 Å². The van der Waals surface area contributed by atoms with Crippen LogP contribution in [-0.4, -0.2) is 24.5 Å². The fourth-order valence-electron chi connectivity index (χ4n) is 1.34. The Balaban J connectivity index is 2.99. The van der Waals surface area contributed by atoms with Gasteiger partial charge in [0, 0.05) is 0 Å². The summed E-state index contributed by atoms with van der Waals surface area (Å²) < 4.78 is 5.16. The van der Waals surface area contributed by atoms with Gasteiger partial charge in [0.2, 0.25) is 5.96 Å². The van der Waals surface area contributed by atoms with Gasteiger partial charge in [0.05, 0.1) is 17.9 Å². The number of carbonyl (C=O) groups excluding carboxylic acids is 1. The monoisotopic (exact) mass is 277 g/mol. The van der Waals surface area contributed by atoms with E-state index in [0.717, 1.165) is 0 Å². The summed E-state index contributed by atoms with van der Waals surface area (Å²) in [6.07, 6.45) is 0. The summed E-state index contributed by atoms with van der Waals surface area (Å²) in [5, 5.41) is 0. The maximum Gasteiger partial charge on any atom is 0.340 e. The normalized spacial score (nSPS) is 11.2. The van der Waals surface area contributed by atoms with Crippen LogP contribution in [-0.2, 0) is 4.74 Å². The minimum Gasteiger partial charge on any atom is -0.462 e. The number of guanidine groups is 2. The van der Waals surface area contributed by atoms with Crippen molar-refractivity contribution in [2.45, 2.75) is 13.8 Å². The summed E-state index contributed by atoms with van der Waals surface area (Å²) in [7, 11) is 0. The second-order valence-electron chi connectivity index (χ2n) is 4.52. The molecule has 1 aromatic rings. The molecule has 0 amide bonds. The van der Waals surface area contributed by atoms with Crippen molar-refractivity contribution in [3.05, 3.63) is 29.8 Å². The van der Waals surface area contributed by atoms with Crippen LogP contribution in [0.5, 0.6) is 0 Å². The number of carbonyl (C=O) groups is 1. The third kappa shape index (κ3) is 4.97. The zero-order chi connectivity index (χ0) is 15.1. The first-order chi connectivity index (χ1) is 9.40. The van der Waals surface area contributed by atoms with Gasteiger partial charge in [0.25, 0.3) is 0 Å². The van der Waals surface area contributed by atoms with E-state index in [0.29, 0.717) is 17.9 Å². The van der Waals surface area contributed by atoms with Crippen molar-refractivity contribution < 1.29 is 9.53 Å². The Bertz CT molecular complexity index is 533. The highest BCUT2D eigenvalue weighted by Crippen LogP contribution is 2.20. The number of esters is 1. The van der Waals surface area contributed by atoms with E-state index < -0.39 is 5.97 Å². The van der Waals surface area contributed by atoms with Crippen LogP contribution in [0.1, 0.15) is 24.2 Å². The third-order valence-corrected chi connectivity index (χ3v) is 2.15. The topological polar surface area (TPSA) is 129 Å². The molecule has 7 nitrogen and oxygen atoms in total. The Morgan fingerprint density at radius 2 is 1.90 bits per heavy atom. The molecule has 0 aliphatic carbocycles. The fourth-order valence-corrected chi connectivity index (χ4v) is 1.34. The Kier molecular flexibility index (Phi) is 5.52. The molecule has 0 spiro atoms. The summed E-state index contributed by atoms with van der Waals surface area (Å²) in [6.45, 7) is 4.24. The molecule has 0 radical (unpaired) electrons. The largest absolute Gasteiger partial charge is 0.462 e. The molecule has 7 heteroatoms. The number of hydrogen-bond acceptors (Lipinski definition) is 3. The number of ether oxygens (including phenoxy) is 1. The predicted molar refractivity (Wildman–Crippen MR) is 78.7 cm³/mol. The smallest absolute Gasteiger partial charge is 0.340 e. The molecule has 0 fully saturated rings. The van der Waals surface area contributed by atoms with Gasteiger partial charge in [-0.2, -0.15) is 4.99 Å². The van der Waals surface area contributed by atoms with E-state index in [4.69, 9.17) is 21.9 Å². The first-order valence-corrected chi connectivity index (χ1v) is 6.10. The van der Waals surface area contributed by atoms with E-state index in [1.807, 2.05) is 13.8 Å². The minimum atomic E-state index is -0.462. The molecule has 0 unspecified atom stereocenters. The predicted octanol–water partition coefficient (Wildman–Crippen LogP) is 0.719. The fraction of sp³-hybridized carbons (Fsp3) is 0.308. The van der Waals surface area contributed by atoms with E-state index >= 15 is 0 Å². The molecule has 6 N–H and O–H groups in total. The number of nitrogens with two attached hydrogens (primary N) is 3. The lowest BCUT2D eigenvalue weighted by Crippen LogP contribution is -2.26. The molecule has 1 aromatic carbocycles. The van der Waals surface area contributed by atoms with E-state index in [1.165, 1.54) is 0 Å². The van der Waals surface area contributed by atoms with Gasteiger partial charge in [-0.3, -0.25) is 0 Å². The zero-order valence-corrected chi connectivity index (χ0v) is 11.5. The Hall–Kier alpha value is -2.57. The van der Waals surface area contributed by atoms with Gasteiger partial charge in [0.15, 0.2) is 5.96 Å². The second kappa shape index (κ2) is 7.13. The van der Waals surface area contributed by atoms with Crippen molar-refractivity contribution in [2.75, 3.05) is 6.61 Å². The molecule has 108 valence electrons. The minimum absolute atomic E-state index is 0.130.